The molecule has 1 aliphatic rings. The zero-order valence-electron chi connectivity index (χ0n) is 18.8. The molecule has 2 heterocycles. The number of nitrogens with zero attached hydrogens (tertiary/aromatic N) is 3. The van der Waals surface area contributed by atoms with Gasteiger partial charge in [-0.05, 0) is 58.1 Å². The van der Waals surface area contributed by atoms with Gasteiger partial charge >= 0.3 is 5.97 Å². The van der Waals surface area contributed by atoms with Gasteiger partial charge in [0.05, 0.1) is 11.0 Å². The number of imidazole rings is 1. The number of likely N-dealkylation sites (tertiary alicyclic amines) is 1. The summed E-state index contributed by atoms with van der Waals surface area (Å²) in [6.07, 6.45) is 3.52. The second-order valence-corrected chi connectivity index (χ2v) is 10.1. The molecule has 0 bridgehead atoms. The molecule has 1 aromatic heterocycles. The van der Waals surface area contributed by atoms with Crippen LogP contribution in [0.25, 0.3) is 11.0 Å². The van der Waals surface area contributed by atoms with Gasteiger partial charge in [-0.3, -0.25) is 9.59 Å². The molecule has 3 rings (SSSR count). The van der Waals surface area contributed by atoms with Crippen LogP contribution in [0.15, 0.2) is 23.4 Å². The van der Waals surface area contributed by atoms with Gasteiger partial charge in [-0.2, -0.15) is 0 Å². The molecule has 1 aliphatic heterocycles. The van der Waals surface area contributed by atoms with E-state index in [1.54, 1.807) is 22.4 Å². The molecule has 0 N–H and O–H groups in total. The molecule has 6 nitrogen and oxygen atoms in total. The number of thioether (sulfide) groups is 1. The van der Waals surface area contributed by atoms with Crippen LogP contribution in [0, 0.1) is 11.7 Å². The van der Waals surface area contributed by atoms with Gasteiger partial charge in [0, 0.05) is 31.3 Å². The van der Waals surface area contributed by atoms with Crippen molar-refractivity contribution in [2.75, 3.05) is 18.8 Å². The maximum absolute atomic E-state index is 13.7. The molecule has 0 saturated carbocycles. The Hall–Kier alpha value is -2.09. The Morgan fingerprint density at radius 2 is 2.10 bits per heavy atom. The lowest BCUT2D eigenvalue weighted by molar-refractivity contribution is -0.155. The van der Waals surface area contributed by atoms with E-state index in [4.69, 9.17) is 4.74 Å². The van der Waals surface area contributed by atoms with Crippen LogP contribution in [0.3, 0.4) is 0 Å². The molecule has 1 amide bonds. The zero-order valence-corrected chi connectivity index (χ0v) is 19.6. The van der Waals surface area contributed by atoms with E-state index in [1.807, 2.05) is 32.6 Å². The third kappa shape index (κ3) is 6.45. The summed E-state index contributed by atoms with van der Waals surface area (Å²) in [5.41, 5.74) is 0.649. The summed E-state index contributed by atoms with van der Waals surface area (Å²) < 4.78 is 21.0. The summed E-state index contributed by atoms with van der Waals surface area (Å²) in [7, 11) is 0. The van der Waals surface area contributed by atoms with Crippen molar-refractivity contribution in [3.63, 3.8) is 0 Å². The van der Waals surface area contributed by atoms with Crippen molar-refractivity contribution in [3.05, 3.63) is 24.0 Å². The minimum atomic E-state index is -0.580. The minimum Gasteiger partial charge on any atom is -0.459 e. The minimum absolute atomic E-state index is 0.0213. The number of halogens is 1. The lowest BCUT2D eigenvalue weighted by Gasteiger charge is -2.32. The van der Waals surface area contributed by atoms with Crippen molar-refractivity contribution in [1.82, 2.24) is 14.5 Å². The van der Waals surface area contributed by atoms with E-state index in [0.29, 0.717) is 28.5 Å². The molecule has 8 heteroatoms. The number of esters is 1. The van der Waals surface area contributed by atoms with Crippen LogP contribution in [0.5, 0.6) is 0 Å². The van der Waals surface area contributed by atoms with Crippen molar-refractivity contribution in [3.8, 4) is 0 Å². The number of piperidine rings is 1. The van der Waals surface area contributed by atoms with Crippen LogP contribution in [0.4, 0.5) is 4.39 Å². The van der Waals surface area contributed by atoms with Crippen LogP contribution in [-0.4, -0.2) is 50.8 Å². The van der Waals surface area contributed by atoms with E-state index in [2.05, 4.69) is 4.98 Å². The van der Waals surface area contributed by atoms with E-state index in [9.17, 15) is 14.0 Å². The third-order valence-corrected chi connectivity index (χ3v) is 6.37. The number of rotatable bonds is 7. The highest BCUT2D eigenvalue weighted by Crippen LogP contribution is 2.29. The van der Waals surface area contributed by atoms with Crippen molar-refractivity contribution < 1.29 is 18.7 Å². The van der Waals surface area contributed by atoms with Crippen LogP contribution >= 0.6 is 11.8 Å². The van der Waals surface area contributed by atoms with Crippen molar-refractivity contribution in [2.24, 2.45) is 5.92 Å². The van der Waals surface area contributed by atoms with Crippen molar-refractivity contribution >= 4 is 34.7 Å². The Balaban J connectivity index is 1.75. The number of benzene rings is 1. The molecule has 1 aromatic carbocycles. The molecule has 1 fully saturated rings. The quantitative estimate of drug-likeness (QED) is 0.455. The number of carbonyl (C=O) groups excluding carboxylic acids is 2. The predicted octanol–water partition coefficient (Wildman–Crippen LogP) is 4.65. The van der Waals surface area contributed by atoms with E-state index >= 15 is 0 Å². The van der Waals surface area contributed by atoms with E-state index in [0.717, 1.165) is 38.1 Å². The fourth-order valence-electron chi connectivity index (χ4n) is 3.84. The average molecular weight is 450 g/mol. The van der Waals surface area contributed by atoms with Crippen LogP contribution in [0.1, 0.15) is 53.4 Å². The number of carbonyl (C=O) groups is 2. The summed E-state index contributed by atoms with van der Waals surface area (Å²) in [6.45, 7) is 9.12. The van der Waals surface area contributed by atoms with Crippen molar-refractivity contribution in [2.45, 2.75) is 70.7 Å². The van der Waals surface area contributed by atoms with Gasteiger partial charge in [-0.25, -0.2) is 9.37 Å². The molecule has 31 heavy (non-hydrogen) atoms. The maximum Gasteiger partial charge on any atom is 0.326 e. The van der Waals surface area contributed by atoms with Gasteiger partial charge in [-0.1, -0.05) is 18.7 Å². The summed E-state index contributed by atoms with van der Waals surface area (Å²) in [4.78, 5) is 31.3. The third-order valence-electron chi connectivity index (χ3n) is 5.17. The Morgan fingerprint density at radius 1 is 1.32 bits per heavy atom. The summed E-state index contributed by atoms with van der Waals surface area (Å²) in [5, 5.41) is 0.670. The Morgan fingerprint density at radius 3 is 2.81 bits per heavy atom. The Bertz CT molecular complexity index is 938. The first kappa shape index (κ1) is 23.6. The van der Waals surface area contributed by atoms with Gasteiger partial charge in [0.15, 0.2) is 5.16 Å². The highest BCUT2D eigenvalue weighted by atomic mass is 32.2. The van der Waals surface area contributed by atoms with Gasteiger partial charge in [-0.15, -0.1) is 0 Å². The number of amides is 1. The maximum atomic E-state index is 13.7. The largest absolute Gasteiger partial charge is 0.459 e. The molecule has 0 spiro atoms. The molecule has 1 atom stereocenters. The van der Waals surface area contributed by atoms with E-state index in [1.165, 1.54) is 12.1 Å². The fourth-order valence-corrected chi connectivity index (χ4v) is 4.98. The first-order chi connectivity index (χ1) is 14.7. The predicted molar refractivity (Wildman–Crippen MR) is 120 cm³/mol. The van der Waals surface area contributed by atoms with Gasteiger partial charge in [0.25, 0.3) is 0 Å². The topological polar surface area (TPSA) is 64.4 Å². The van der Waals surface area contributed by atoms with E-state index < -0.39 is 5.60 Å². The Kier molecular flexibility index (Phi) is 7.62. The molecular weight excluding hydrogens is 417 g/mol. The molecule has 0 aliphatic carbocycles. The first-order valence-corrected chi connectivity index (χ1v) is 11.9. The fraction of sp³-hybridized carbons (Fsp3) is 0.609. The van der Waals surface area contributed by atoms with Crippen LogP contribution in [-0.2, 0) is 20.9 Å². The number of aromatic nitrogens is 2. The number of hydrogen-bond acceptors (Lipinski definition) is 5. The highest BCUT2D eigenvalue weighted by molar-refractivity contribution is 7.99. The van der Waals surface area contributed by atoms with Gasteiger partial charge in [0.2, 0.25) is 5.91 Å². The van der Waals surface area contributed by atoms with Crippen molar-refractivity contribution in [1.29, 1.82) is 0 Å². The normalized spacial score (nSPS) is 17.2. The second-order valence-electron chi connectivity index (χ2n) is 9.11. The number of ether oxygens (including phenoxy) is 1. The average Bonchev–Trinajstić information content (AvgIpc) is 3.01. The molecule has 0 radical (unpaired) electrons. The highest BCUT2D eigenvalue weighted by Gasteiger charge is 2.25. The molecule has 1 unspecified atom stereocenters. The lowest BCUT2D eigenvalue weighted by Crippen LogP contribution is -2.40. The standard InChI is InChI=1S/C23H32FN3O3S/c1-5-7-20(28)26-11-6-8-16(13-26)15-31-22-25-18-12-17(24)9-10-19(18)27(22)14-21(29)30-23(2,3)4/h9-10,12,16H,5-8,11,13-15H2,1-4H3. The van der Waals surface area contributed by atoms with Crippen LogP contribution in [0.2, 0.25) is 0 Å². The zero-order chi connectivity index (χ0) is 22.6. The van der Waals surface area contributed by atoms with Gasteiger partial charge in [0.1, 0.15) is 18.0 Å². The number of hydrogen-bond donors (Lipinski definition) is 0. The monoisotopic (exact) mass is 449 g/mol. The van der Waals surface area contributed by atoms with Crippen LogP contribution < -0.4 is 0 Å². The lowest BCUT2D eigenvalue weighted by atomic mass is 10.00. The summed E-state index contributed by atoms with van der Waals surface area (Å²) >= 11 is 1.56. The van der Waals surface area contributed by atoms with E-state index in [-0.39, 0.29) is 24.2 Å². The Labute approximate surface area is 187 Å². The smallest absolute Gasteiger partial charge is 0.326 e. The van der Waals surface area contributed by atoms with Gasteiger partial charge < -0.3 is 14.2 Å². The molecule has 1 saturated heterocycles. The summed E-state index contributed by atoms with van der Waals surface area (Å²) in [5.74, 6) is 0.668. The molecule has 2 aromatic rings. The SMILES string of the molecule is CCCC(=O)N1CCCC(CSc2nc3cc(F)ccc3n2CC(=O)OC(C)(C)C)C1. The second kappa shape index (κ2) is 10.0. The number of fused-ring (bicyclic) bond motifs is 1. The summed E-state index contributed by atoms with van der Waals surface area (Å²) in [6, 6.07) is 4.41. The molecular formula is C23H32FN3O3S. The molecule has 170 valence electrons. The first-order valence-electron chi connectivity index (χ1n) is 10.9.